The molecule has 0 aromatic heterocycles. The zero-order chi connectivity index (χ0) is 16.9. The van der Waals surface area contributed by atoms with Crippen LogP contribution < -0.4 is 10.2 Å². The Kier molecular flexibility index (Phi) is 5.74. The molecule has 0 aliphatic carbocycles. The van der Waals surface area contributed by atoms with Gasteiger partial charge in [0.05, 0.1) is 6.54 Å². The molecule has 0 spiro atoms. The zero-order valence-corrected chi connectivity index (χ0v) is 14.6. The Balaban J connectivity index is 1.56. The van der Waals surface area contributed by atoms with Gasteiger partial charge in [0.25, 0.3) is 0 Å². The fourth-order valence-corrected chi connectivity index (χ4v) is 3.80. The number of nitrogens with zero attached hydrogens (tertiary/aromatic N) is 2. The first-order valence-electron chi connectivity index (χ1n) is 9.14. The van der Waals surface area contributed by atoms with Crippen LogP contribution in [0.25, 0.3) is 0 Å². The number of piperidine rings is 1. The fraction of sp³-hybridized carbons (Fsp3) is 0.632. The minimum absolute atomic E-state index is 0.0330. The van der Waals surface area contributed by atoms with E-state index < -0.39 is 0 Å². The van der Waals surface area contributed by atoms with Gasteiger partial charge in [-0.25, -0.2) is 0 Å². The molecule has 2 heterocycles. The van der Waals surface area contributed by atoms with Crippen molar-refractivity contribution in [3.8, 4) is 0 Å². The van der Waals surface area contributed by atoms with E-state index in [9.17, 15) is 9.90 Å². The van der Waals surface area contributed by atoms with E-state index in [4.69, 9.17) is 0 Å². The van der Waals surface area contributed by atoms with Crippen LogP contribution in [0.5, 0.6) is 0 Å². The van der Waals surface area contributed by atoms with Crippen LogP contribution in [0.15, 0.2) is 18.2 Å². The Morgan fingerprint density at radius 1 is 1.25 bits per heavy atom. The molecule has 5 nitrogen and oxygen atoms in total. The normalized spacial score (nSPS) is 21.9. The highest BCUT2D eigenvalue weighted by Gasteiger charge is 2.21. The molecule has 1 atom stereocenters. The van der Waals surface area contributed by atoms with E-state index in [2.05, 4.69) is 34.2 Å². The monoisotopic (exact) mass is 331 g/mol. The molecule has 2 fully saturated rings. The van der Waals surface area contributed by atoms with Gasteiger partial charge in [-0.05, 0) is 68.8 Å². The van der Waals surface area contributed by atoms with Crippen LogP contribution >= 0.6 is 0 Å². The number of aryl methyl sites for hydroxylation is 1. The fourth-order valence-electron chi connectivity index (χ4n) is 3.80. The van der Waals surface area contributed by atoms with E-state index in [1.807, 2.05) is 6.07 Å². The molecular weight excluding hydrogens is 302 g/mol. The number of anilines is 2. The van der Waals surface area contributed by atoms with Gasteiger partial charge in [-0.2, -0.15) is 0 Å². The van der Waals surface area contributed by atoms with Crippen molar-refractivity contribution < 1.29 is 9.90 Å². The molecule has 5 heteroatoms. The Labute approximate surface area is 144 Å². The lowest BCUT2D eigenvalue weighted by atomic mass is 9.99. The Morgan fingerprint density at radius 2 is 2.04 bits per heavy atom. The molecule has 2 N–H and O–H groups in total. The van der Waals surface area contributed by atoms with Crippen molar-refractivity contribution in [1.82, 2.24) is 4.90 Å². The summed E-state index contributed by atoms with van der Waals surface area (Å²) in [4.78, 5) is 16.9. The van der Waals surface area contributed by atoms with Crippen molar-refractivity contribution in [3.63, 3.8) is 0 Å². The summed E-state index contributed by atoms with van der Waals surface area (Å²) < 4.78 is 0. The van der Waals surface area contributed by atoms with Crippen molar-refractivity contribution in [2.45, 2.75) is 32.6 Å². The first-order valence-corrected chi connectivity index (χ1v) is 9.14. The second-order valence-corrected chi connectivity index (χ2v) is 7.17. The number of hydrogen-bond donors (Lipinski definition) is 2. The maximum Gasteiger partial charge on any atom is 0.238 e. The van der Waals surface area contributed by atoms with Gasteiger partial charge in [-0.1, -0.05) is 0 Å². The second-order valence-electron chi connectivity index (χ2n) is 7.17. The lowest BCUT2D eigenvalue weighted by molar-refractivity contribution is -0.117. The van der Waals surface area contributed by atoms with Crippen LogP contribution in [0.4, 0.5) is 11.4 Å². The number of benzene rings is 1. The number of carbonyl (C=O) groups excluding carboxylic acids is 1. The van der Waals surface area contributed by atoms with Crippen LogP contribution in [0.2, 0.25) is 0 Å². The number of likely N-dealkylation sites (tertiary alicyclic amines) is 1. The van der Waals surface area contributed by atoms with Crippen molar-refractivity contribution in [1.29, 1.82) is 0 Å². The number of carbonyl (C=O) groups is 1. The molecule has 0 radical (unpaired) electrons. The van der Waals surface area contributed by atoms with Gasteiger partial charge in [0.1, 0.15) is 0 Å². The summed E-state index contributed by atoms with van der Waals surface area (Å²) in [6.45, 7) is 6.70. The lowest BCUT2D eigenvalue weighted by Gasteiger charge is -2.31. The predicted octanol–water partition coefficient (Wildman–Crippen LogP) is 2.24. The molecule has 1 aromatic rings. The standard InChI is InChI=1S/C19H29N3O2/c1-15-11-17(22-9-2-3-10-22)6-7-18(15)20-19(24)13-21-8-4-5-16(12-21)14-23/h6-7,11,16,23H,2-5,8-10,12-14H2,1H3,(H,20,24). The van der Waals surface area contributed by atoms with E-state index in [1.54, 1.807) is 0 Å². The number of aliphatic hydroxyl groups excluding tert-OH is 1. The topological polar surface area (TPSA) is 55.8 Å². The second kappa shape index (κ2) is 7.99. The van der Waals surface area contributed by atoms with E-state index >= 15 is 0 Å². The predicted molar refractivity (Wildman–Crippen MR) is 97.5 cm³/mol. The van der Waals surface area contributed by atoms with E-state index in [0.29, 0.717) is 12.5 Å². The first kappa shape index (κ1) is 17.2. The molecule has 2 aliphatic heterocycles. The average Bonchev–Trinajstić information content (AvgIpc) is 3.11. The first-order chi connectivity index (χ1) is 11.7. The molecule has 0 saturated carbocycles. The largest absolute Gasteiger partial charge is 0.396 e. The van der Waals surface area contributed by atoms with Crippen LogP contribution in [0.3, 0.4) is 0 Å². The summed E-state index contributed by atoms with van der Waals surface area (Å²) in [5.74, 6) is 0.346. The summed E-state index contributed by atoms with van der Waals surface area (Å²) in [5.41, 5.74) is 3.27. The SMILES string of the molecule is Cc1cc(N2CCCC2)ccc1NC(=O)CN1CCCC(CO)C1. The van der Waals surface area contributed by atoms with E-state index in [0.717, 1.165) is 50.3 Å². The summed E-state index contributed by atoms with van der Waals surface area (Å²) >= 11 is 0. The van der Waals surface area contributed by atoms with Crippen molar-refractivity contribution >= 4 is 17.3 Å². The molecule has 1 unspecified atom stereocenters. The minimum atomic E-state index is 0.0330. The van der Waals surface area contributed by atoms with Crippen LogP contribution in [0, 0.1) is 12.8 Å². The Hall–Kier alpha value is -1.59. The maximum atomic E-state index is 12.3. The number of amides is 1. The smallest absolute Gasteiger partial charge is 0.238 e. The Bertz CT molecular complexity index is 570. The van der Waals surface area contributed by atoms with Gasteiger partial charge in [-0.15, -0.1) is 0 Å². The lowest BCUT2D eigenvalue weighted by Crippen LogP contribution is -2.41. The minimum Gasteiger partial charge on any atom is -0.396 e. The third-order valence-corrected chi connectivity index (χ3v) is 5.18. The molecular formula is C19H29N3O2. The molecule has 1 amide bonds. The van der Waals surface area contributed by atoms with Crippen LogP contribution in [0.1, 0.15) is 31.2 Å². The van der Waals surface area contributed by atoms with Crippen molar-refractivity contribution in [2.75, 3.05) is 49.5 Å². The quantitative estimate of drug-likeness (QED) is 0.869. The summed E-state index contributed by atoms with van der Waals surface area (Å²) in [7, 11) is 0. The van der Waals surface area contributed by atoms with Gasteiger partial charge in [0, 0.05) is 37.6 Å². The highest BCUT2D eigenvalue weighted by molar-refractivity contribution is 5.93. The maximum absolute atomic E-state index is 12.3. The molecule has 1 aromatic carbocycles. The molecule has 2 aliphatic rings. The third-order valence-electron chi connectivity index (χ3n) is 5.18. The summed E-state index contributed by atoms with van der Waals surface area (Å²) in [6.07, 6.45) is 4.65. The number of nitrogens with one attached hydrogen (secondary N) is 1. The summed E-state index contributed by atoms with van der Waals surface area (Å²) in [5, 5.41) is 12.3. The molecule has 24 heavy (non-hydrogen) atoms. The zero-order valence-electron chi connectivity index (χ0n) is 14.6. The molecule has 2 saturated heterocycles. The van der Waals surface area contributed by atoms with E-state index in [-0.39, 0.29) is 12.5 Å². The molecule has 3 rings (SSSR count). The number of hydrogen-bond acceptors (Lipinski definition) is 4. The van der Waals surface area contributed by atoms with Crippen LogP contribution in [-0.2, 0) is 4.79 Å². The van der Waals surface area contributed by atoms with Crippen molar-refractivity contribution in [2.24, 2.45) is 5.92 Å². The number of rotatable bonds is 5. The van der Waals surface area contributed by atoms with Gasteiger partial charge < -0.3 is 15.3 Å². The van der Waals surface area contributed by atoms with Crippen molar-refractivity contribution in [3.05, 3.63) is 23.8 Å². The highest BCUT2D eigenvalue weighted by atomic mass is 16.3. The van der Waals surface area contributed by atoms with Gasteiger partial charge in [0.2, 0.25) is 5.91 Å². The average molecular weight is 331 g/mol. The van der Waals surface area contributed by atoms with Gasteiger partial charge in [-0.3, -0.25) is 9.69 Å². The Morgan fingerprint density at radius 3 is 2.75 bits per heavy atom. The molecule has 0 bridgehead atoms. The van der Waals surface area contributed by atoms with Crippen LogP contribution in [-0.4, -0.2) is 55.2 Å². The highest BCUT2D eigenvalue weighted by Crippen LogP contribution is 2.25. The third kappa shape index (κ3) is 4.28. The number of aliphatic hydroxyl groups is 1. The molecule has 132 valence electrons. The summed E-state index contributed by atoms with van der Waals surface area (Å²) in [6, 6.07) is 6.30. The van der Waals surface area contributed by atoms with Gasteiger partial charge in [0.15, 0.2) is 0 Å². The van der Waals surface area contributed by atoms with Gasteiger partial charge >= 0.3 is 0 Å². The van der Waals surface area contributed by atoms with E-state index in [1.165, 1.54) is 18.5 Å².